The van der Waals surface area contributed by atoms with E-state index in [0.29, 0.717) is 6.04 Å². The number of rotatable bonds is 5. The fraction of sp³-hybridized carbons (Fsp3) is 0.625. The van der Waals surface area contributed by atoms with E-state index in [1.54, 1.807) is 11.1 Å². The van der Waals surface area contributed by atoms with Crippen molar-refractivity contribution in [2.75, 3.05) is 6.54 Å². The van der Waals surface area contributed by atoms with Crippen LogP contribution in [0.4, 0.5) is 0 Å². The third kappa shape index (κ3) is 2.90. The van der Waals surface area contributed by atoms with E-state index in [1.165, 1.54) is 19.3 Å². The Morgan fingerprint density at radius 1 is 1.18 bits per heavy atom. The first-order valence-corrected chi connectivity index (χ1v) is 7.02. The predicted octanol–water partition coefficient (Wildman–Crippen LogP) is 3.43. The van der Waals surface area contributed by atoms with Crippen molar-refractivity contribution in [2.24, 2.45) is 11.8 Å². The standard InChI is InChI=1S/C16H25N/c1-4-9-17-16(12(2)3)15-10-13-7-5-6-8-14(13)11-15/h5-8,12,15-17H,4,9-11H2,1-3H3. The maximum Gasteiger partial charge on any atom is 0.0125 e. The van der Waals surface area contributed by atoms with Crippen LogP contribution in [0.25, 0.3) is 0 Å². The number of hydrogen-bond donors (Lipinski definition) is 1. The maximum atomic E-state index is 3.75. The highest BCUT2D eigenvalue weighted by Crippen LogP contribution is 2.30. The second-order valence-electron chi connectivity index (χ2n) is 5.66. The molecule has 0 aliphatic heterocycles. The van der Waals surface area contributed by atoms with Crippen LogP contribution in [0.2, 0.25) is 0 Å². The van der Waals surface area contributed by atoms with Gasteiger partial charge in [-0.2, -0.15) is 0 Å². The highest BCUT2D eigenvalue weighted by atomic mass is 14.9. The minimum absolute atomic E-state index is 0.669. The average molecular weight is 231 g/mol. The molecule has 0 spiro atoms. The van der Waals surface area contributed by atoms with E-state index in [1.807, 2.05) is 0 Å². The zero-order valence-corrected chi connectivity index (χ0v) is 11.4. The highest BCUT2D eigenvalue weighted by Gasteiger charge is 2.29. The third-order valence-corrected chi connectivity index (χ3v) is 3.94. The summed E-state index contributed by atoms with van der Waals surface area (Å²) in [4.78, 5) is 0. The summed E-state index contributed by atoms with van der Waals surface area (Å²) in [7, 11) is 0. The van der Waals surface area contributed by atoms with Gasteiger partial charge in [-0.05, 0) is 48.8 Å². The van der Waals surface area contributed by atoms with Crippen molar-refractivity contribution >= 4 is 0 Å². The van der Waals surface area contributed by atoms with Crippen LogP contribution in [0.5, 0.6) is 0 Å². The van der Waals surface area contributed by atoms with Gasteiger partial charge in [0.1, 0.15) is 0 Å². The van der Waals surface area contributed by atoms with Gasteiger partial charge < -0.3 is 5.32 Å². The van der Waals surface area contributed by atoms with Gasteiger partial charge in [-0.1, -0.05) is 45.0 Å². The van der Waals surface area contributed by atoms with Gasteiger partial charge in [0.05, 0.1) is 0 Å². The number of hydrogen-bond acceptors (Lipinski definition) is 1. The lowest BCUT2D eigenvalue weighted by Gasteiger charge is -2.28. The van der Waals surface area contributed by atoms with Crippen LogP contribution >= 0.6 is 0 Å². The summed E-state index contributed by atoms with van der Waals surface area (Å²) in [6, 6.07) is 9.61. The Kier molecular flexibility index (Phi) is 4.22. The summed E-state index contributed by atoms with van der Waals surface area (Å²) in [5.74, 6) is 1.51. The molecule has 0 saturated carbocycles. The molecule has 1 aliphatic rings. The number of benzene rings is 1. The number of fused-ring (bicyclic) bond motifs is 1. The Morgan fingerprint density at radius 2 is 1.76 bits per heavy atom. The summed E-state index contributed by atoms with van der Waals surface area (Å²) < 4.78 is 0. The van der Waals surface area contributed by atoms with Crippen molar-refractivity contribution in [2.45, 2.75) is 46.1 Å². The molecule has 1 aromatic carbocycles. The quantitative estimate of drug-likeness (QED) is 0.818. The van der Waals surface area contributed by atoms with Crippen LogP contribution in [0.15, 0.2) is 24.3 Å². The summed E-state index contributed by atoms with van der Waals surface area (Å²) >= 11 is 0. The second kappa shape index (κ2) is 5.68. The first kappa shape index (κ1) is 12.6. The molecule has 1 aliphatic carbocycles. The molecule has 1 heteroatoms. The van der Waals surface area contributed by atoms with Gasteiger partial charge in [0.2, 0.25) is 0 Å². The zero-order chi connectivity index (χ0) is 12.3. The Bertz CT molecular complexity index is 331. The molecular formula is C16H25N. The molecule has 0 aromatic heterocycles. The Labute approximate surface area is 106 Å². The van der Waals surface area contributed by atoms with E-state index in [2.05, 4.69) is 50.4 Å². The summed E-state index contributed by atoms with van der Waals surface area (Å²) in [6.07, 6.45) is 3.74. The van der Waals surface area contributed by atoms with Crippen molar-refractivity contribution in [1.82, 2.24) is 5.32 Å². The Balaban J connectivity index is 2.03. The number of nitrogens with one attached hydrogen (secondary N) is 1. The molecule has 1 aromatic rings. The van der Waals surface area contributed by atoms with Crippen molar-refractivity contribution in [3.05, 3.63) is 35.4 Å². The first-order chi connectivity index (χ1) is 8.22. The maximum absolute atomic E-state index is 3.75. The lowest BCUT2D eigenvalue weighted by atomic mass is 9.88. The fourth-order valence-corrected chi connectivity index (χ4v) is 3.10. The molecule has 0 saturated heterocycles. The summed E-state index contributed by atoms with van der Waals surface area (Å²) in [5.41, 5.74) is 3.14. The molecule has 0 amide bonds. The topological polar surface area (TPSA) is 12.0 Å². The largest absolute Gasteiger partial charge is 0.313 e. The molecule has 17 heavy (non-hydrogen) atoms. The molecule has 1 unspecified atom stereocenters. The minimum atomic E-state index is 0.669. The van der Waals surface area contributed by atoms with Gasteiger partial charge in [0.25, 0.3) is 0 Å². The van der Waals surface area contributed by atoms with Gasteiger partial charge >= 0.3 is 0 Å². The van der Waals surface area contributed by atoms with Gasteiger partial charge in [-0.15, -0.1) is 0 Å². The third-order valence-electron chi connectivity index (χ3n) is 3.94. The second-order valence-corrected chi connectivity index (χ2v) is 5.66. The molecular weight excluding hydrogens is 206 g/mol. The van der Waals surface area contributed by atoms with Crippen LogP contribution in [0, 0.1) is 11.8 Å². The van der Waals surface area contributed by atoms with Crippen molar-refractivity contribution in [3.8, 4) is 0 Å². The lowest BCUT2D eigenvalue weighted by Crippen LogP contribution is -2.41. The molecule has 0 fully saturated rings. The van der Waals surface area contributed by atoms with Crippen molar-refractivity contribution < 1.29 is 0 Å². The van der Waals surface area contributed by atoms with Crippen LogP contribution in [0.1, 0.15) is 38.3 Å². The van der Waals surface area contributed by atoms with Crippen LogP contribution in [0.3, 0.4) is 0 Å². The van der Waals surface area contributed by atoms with Gasteiger partial charge in [-0.3, -0.25) is 0 Å². The molecule has 2 rings (SSSR count). The molecule has 1 atom stereocenters. The first-order valence-electron chi connectivity index (χ1n) is 7.02. The van der Waals surface area contributed by atoms with Crippen molar-refractivity contribution in [3.63, 3.8) is 0 Å². The smallest absolute Gasteiger partial charge is 0.0125 e. The monoisotopic (exact) mass is 231 g/mol. The molecule has 0 radical (unpaired) electrons. The van der Waals surface area contributed by atoms with Crippen molar-refractivity contribution in [1.29, 1.82) is 0 Å². The van der Waals surface area contributed by atoms with Gasteiger partial charge in [0, 0.05) is 6.04 Å². The van der Waals surface area contributed by atoms with Crippen LogP contribution < -0.4 is 5.32 Å². The lowest BCUT2D eigenvalue weighted by molar-refractivity contribution is 0.290. The normalized spacial score (nSPS) is 17.4. The minimum Gasteiger partial charge on any atom is -0.313 e. The van der Waals surface area contributed by atoms with E-state index >= 15 is 0 Å². The zero-order valence-electron chi connectivity index (χ0n) is 11.4. The van der Waals surface area contributed by atoms with Gasteiger partial charge in [0.15, 0.2) is 0 Å². The summed E-state index contributed by atoms with van der Waals surface area (Å²) in [5, 5.41) is 3.75. The van der Waals surface area contributed by atoms with Gasteiger partial charge in [-0.25, -0.2) is 0 Å². The predicted molar refractivity (Wildman–Crippen MR) is 74.3 cm³/mol. The van der Waals surface area contributed by atoms with E-state index in [0.717, 1.165) is 18.4 Å². The molecule has 1 nitrogen and oxygen atoms in total. The average Bonchev–Trinajstić information content (AvgIpc) is 2.72. The van der Waals surface area contributed by atoms with E-state index in [4.69, 9.17) is 0 Å². The van der Waals surface area contributed by atoms with E-state index in [-0.39, 0.29) is 0 Å². The SMILES string of the molecule is CCCNC(C(C)C)C1Cc2ccccc2C1. The van der Waals surface area contributed by atoms with E-state index < -0.39 is 0 Å². The van der Waals surface area contributed by atoms with Crippen LogP contribution in [-0.2, 0) is 12.8 Å². The summed E-state index contributed by atoms with van der Waals surface area (Å²) in [6.45, 7) is 8.08. The molecule has 0 bridgehead atoms. The molecule has 0 heterocycles. The van der Waals surface area contributed by atoms with Crippen LogP contribution in [-0.4, -0.2) is 12.6 Å². The highest BCUT2D eigenvalue weighted by molar-refractivity contribution is 5.32. The molecule has 1 N–H and O–H groups in total. The Hall–Kier alpha value is -0.820. The molecule has 94 valence electrons. The fourth-order valence-electron chi connectivity index (χ4n) is 3.10. The van der Waals surface area contributed by atoms with E-state index in [9.17, 15) is 0 Å². The Morgan fingerprint density at radius 3 is 2.24 bits per heavy atom.